The molecule has 1 aromatic heterocycles. The largest absolute Gasteiger partial charge is 0.377 e. The molecule has 1 aliphatic heterocycles. The maximum absolute atomic E-state index is 5.57. The van der Waals surface area contributed by atoms with Gasteiger partial charge in [-0.1, -0.05) is 0 Å². The van der Waals surface area contributed by atoms with Crippen LogP contribution in [0, 0.1) is 0 Å². The van der Waals surface area contributed by atoms with Crippen LogP contribution in [0.5, 0.6) is 0 Å². The summed E-state index contributed by atoms with van der Waals surface area (Å²) in [6.07, 6.45) is 1.45. The Hall–Kier alpha value is -0.490. The summed E-state index contributed by atoms with van der Waals surface area (Å²) in [5.41, 5.74) is 6.67. The SMILES string of the molecule is CC1OCCC1N(C)Cc1csc(CN)n1. The molecular formula is C11H19N3OS. The maximum atomic E-state index is 5.57. The van der Waals surface area contributed by atoms with Crippen molar-refractivity contribution in [2.45, 2.75) is 38.6 Å². The van der Waals surface area contributed by atoms with Crippen molar-refractivity contribution in [3.8, 4) is 0 Å². The molecule has 1 aliphatic rings. The highest BCUT2D eigenvalue weighted by molar-refractivity contribution is 7.09. The van der Waals surface area contributed by atoms with Gasteiger partial charge < -0.3 is 10.5 Å². The van der Waals surface area contributed by atoms with Gasteiger partial charge in [-0.2, -0.15) is 0 Å². The molecule has 4 nitrogen and oxygen atoms in total. The van der Waals surface area contributed by atoms with Crippen molar-refractivity contribution in [3.63, 3.8) is 0 Å². The molecular weight excluding hydrogens is 222 g/mol. The second kappa shape index (κ2) is 5.23. The molecule has 0 spiro atoms. The minimum atomic E-state index is 0.331. The molecule has 2 heterocycles. The number of nitrogens with zero attached hydrogens (tertiary/aromatic N) is 2. The highest BCUT2D eigenvalue weighted by atomic mass is 32.1. The van der Waals surface area contributed by atoms with E-state index in [0.717, 1.165) is 30.3 Å². The van der Waals surface area contributed by atoms with E-state index >= 15 is 0 Å². The lowest BCUT2D eigenvalue weighted by Crippen LogP contribution is -2.36. The third-order valence-electron chi connectivity index (χ3n) is 3.09. The predicted octanol–water partition coefficient (Wildman–Crippen LogP) is 1.21. The summed E-state index contributed by atoms with van der Waals surface area (Å²) in [5.74, 6) is 0. The topological polar surface area (TPSA) is 51.4 Å². The van der Waals surface area contributed by atoms with Gasteiger partial charge in [-0.25, -0.2) is 4.98 Å². The second-order valence-corrected chi connectivity index (χ2v) is 5.23. The molecule has 0 aliphatic carbocycles. The van der Waals surface area contributed by atoms with E-state index in [2.05, 4.69) is 29.2 Å². The highest BCUT2D eigenvalue weighted by Crippen LogP contribution is 2.20. The molecule has 2 rings (SSSR count). The average molecular weight is 241 g/mol. The van der Waals surface area contributed by atoms with Crippen LogP contribution in [0.25, 0.3) is 0 Å². The fraction of sp³-hybridized carbons (Fsp3) is 0.727. The van der Waals surface area contributed by atoms with Gasteiger partial charge in [0.05, 0.1) is 11.8 Å². The summed E-state index contributed by atoms with van der Waals surface area (Å²) in [7, 11) is 2.14. The molecule has 2 unspecified atom stereocenters. The number of hydrogen-bond acceptors (Lipinski definition) is 5. The van der Waals surface area contributed by atoms with Crippen LogP contribution >= 0.6 is 11.3 Å². The van der Waals surface area contributed by atoms with E-state index in [1.165, 1.54) is 0 Å². The third-order valence-corrected chi connectivity index (χ3v) is 4.01. The van der Waals surface area contributed by atoms with Crippen molar-refractivity contribution in [3.05, 3.63) is 16.1 Å². The molecule has 0 amide bonds. The minimum absolute atomic E-state index is 0.331. The van der Waals surface area contributed by atoms with Crippen LogP contribution in [0.3, 0.4) is 0 Å². The highest BCUT2D eigenvalue weighted by Gasteiger charge is 2.27. The van der Waals surface area contributed by atoms with Crippen molar-refractivity contribution in [2.24, 2.45) is 5.73 Å². The number of aromatic nitrogens is 1. The molecule has 0 saturated carbocycles. The Morgan fingerprint density at radius 1 is 1.69 bits per heavy atom. The molecule has 0 aromatic carbocycles. The quantitative estimate of drug-likeness (QED) is 0.861. The van der Waals surface area contributed by atoms with Crippen LogP contribution < -0.4 is 5.73 Å². The van der Waals surface area contributed by atoms with Gasteiger partial charge in [0.1, 0.15) is 5.01 Å². The van der Waals surface area contributed by atoms with E-state index < -0.39 is 0 Å². The van der Waals surface area contributed by atoms with E-state index in [0.29, 0.717) is 18.7 Å². The fourth-order valence-electron chi connectivity index (χ4n) is 2.19. The zero-order valence-corrected chi connectivity index (χ0v) is 10.7. The summed E-state index contributed by atoms with van der Waals surface area (Å²) in [6.45, 7) is 4.44. The standard InChI is InChI=1S/C11H19N3OS/c1-8-10(3-4-15-8)14(2)6-9-7-16-11(5-12)13-9/h7-8,10H,3-6,12H2,1-2H3. The third kappa shape index (κ3) is 2.60. The van der Waals surface area contributed by atoms with Crippen molar-refractivity contribution in [1.29, 1.82) is 0 Å². The van der Waals surface area contributed by atoms with Crippen LogP contribution in [0.2, 0.25) is 0 Å². The molecule has 90 valence electrons. The number of hydrogen-bond donors (Lipinski definition) is 1. The van der Waals surface area contributed by atoms with Gasteiger partial charge >= 0.3 is 0 Å². The first-order valence-corrected chi connectivity index (χ1v) is 6.54. The lowest BCUT2D eigenvalue weighted by atomic mass is 10.1. The Kier molecular flexibility index (Phi) is 3.91. The molecule has 2 atom stereocenters. The summed E-state index contributed by atoms with van der Waals surface area (Å²) >= 11 is 1.64. The summed E-state index contributed by atoms with van der Waals surface area (Å²) in [6, 6.07) is 0.517. The first-order valence-electron chi connectivity index (χ1n) is 5.66. The Morgan fingerprint density at radius 3 is 3.06 bits per heavy atom. The molecule has 5 heteroatoms. The van der Waals surface area contributed by atoms with E-state index in [1.807, 2.05) is 0 Å². The van der Waals surface area contributed by atoms with Gasteiger partial charge in [-0.3, -0.25) is 4.90 Å². The monoisotopic (exact) mass is 241 g/mol. The maximum Gasteiger partial charge on any atom is 0.106 e. The van der Waals surface area contributed by atoms with Crippen LogP contribution in [-0.4, -0.2) is 35.7 Å². The Bertz CT molecular complexity index is 342. The molecule has 2 N–H and O–H groups in total. The lowest BCUT2D eigenvalue weighted by Gasteiger charge is -2.25. The van der Waals surface area contributed by atoms with Gasteiger partial charge in [0.15, 0.2) is 0 Å². The van der Waals surface area contributed by atoms with Gasteiger partial charge in [0, 0.05) is 31.1 Å². The van der Waals surface area contributed by atoms with E-state index in [-0.39, 0.29) is 0 Å². The Balaban J connectivity index is 1.93. The molecule has 0 radical (unpaired) electrons. The number of rotatable bonds is 4. The zero-order chi connectivity index (χ0) is 11.5. The summed E-state index contributed by atoms with van der Waals surface area (Å²) < 4.78 is 5.57. The normalized spacial score (nSPS) is 25.5. The predicted molar refractivity (Wildman–Crippen MR) is 65.3 cm³/mol. The van der Waals surface area contributed by atoms with Crippen LogP contribution in [-0.2, 0) is 17.8 Å². The summed E-state index contributed by atoms with van der Waals surface area (Å²) in [5, 5.41) is 3.11. The second-order valence-electron chi connectivity index (χ2n) is 4.28. The van der Waals surface area contributed by atoms with E-state index in [1.54, 1.807) is 11.3 Å². The molecule has 1 fully saturated rings. The van der Waals surface area contributed by atoms with Crippen molar-refractivity contribution >= 4 is 11.3 Å². The Morgan fingerprint density at radius 2 is 2.50 bits per heavy atom. The number of nitrogens with two attached hydrogens (primary N) is 1. The first-order chi connectivity index (χ1) is 7.70. The van der Waals surface area contributed by atoms with Crippen LogP contribution in [0.15, 0.2) is 5.38 Å². The molecule has 0 bridgehead atoms. The molecule has 1 aromatic rings. The van der Waals surface area contributed by atoms with Gasteiger partial charge in [-0.05, 0) is 20.4 Å². The van der Waals surface area contributed by atoms with Crippen molar-refractivity contribution in [1.82, 2.24) is 9.88 Å². The first kappa shape index (κ1) is 12.0. The zero-order valence-electron chi connectivity index (χ0n) is 9.85. The van der Waals surface area contributed by atoms with Crippen molar-refractivity contribution in [2.75, 3.05) is 13.7 Å². The lowest BCUT2D eigenvalue weighted by molar-refractivity contribution is 0.0811. The number of likely N-dealkylation sites (N-methyl/N-ethyl adjacent to an activating group) is 1. The van der Waals surface area contributed by atoms with Gasteiger partial charge in [0.25, 0.3) is 0 Å². The number of ether oxygens (including phenoxy) is 1. The van der Waals surface area contributed by atoms with Gasteiger partial charge in [0.2, 0.25) is 0 Å². The smallest absolute Gasteiger partial charge is 0.106 e. The minimum Gasteiger partial charge on any atom is -0.377 e. The van der Waals surface area contributed by atoms with E-state index in [4.69, 9.17) is 10.5 Å². The number of thiazole rings is 1. The van der Waals surface area contributed by atoms with E-state index in [9.17, 15) is 0 Å². The van der Waals surface area contributed by atoms with Crippen LogP contribution in [0.1, 0.15) is 24.0 Å². The molecule has 1 saturated heterocycles. The van der Waals surface area contributed by atoms with Gasteiger partial charge in [-0.15, -0.1) is 11.3 Å². The Labute approximate surface area is 100 Å². The summed E-state index contributed by atoms with van der Waals surface area (Å²) in [4.78, 5) is 6.80. The average Bonchev–Trinajstić information content (AvgIpc) is 2.86. The van der Waals surface area contributed by atoms with Crippen LogP contribution in [0.4, 0.5) is 0 Å². The fourth-order valence-corrected chi connectivity index (χ4v) is 2.85. The molecule has 16 heavy (non-hydrogen) atoms. The van der Waals surface area contributed by atoms with Crippen molar-refractivity contribution < 1.29 is 4.74 Å².